The number of fused-ring (bicyclic) bond motifs is 1. The van der Waals surface area contributed by atoms with Gasteiger partial charge >= 0.3 is 0 Å². The van der Waals surface area contributed by atoms with Crippen LogP contribution >= 0.6 is 0 Å². The van der Waals surface area contributed by atoms with E-state index in [1.807, 2.05) is 23.1 Å². The quantitative estimate of drug-likeness (QED) is 0.735. The number of piperidine rings is 1. The molecule has 19 heavy (non-hydrogen) atoms. The summed E-state index contributed by atoms with van der Waals surface area (Å²) in [4.78, 5) is 1.91. The molecule has 1 fully saturated rings. The zero-order valence-corrected chi connectivity index (χ0v) is 10.3. The molecule has 1 aliphatic heterocycles. The summed E-state index contributed by atoms with van der Waals surface area (Å²) in [6, 6.07) is 5.53. The average Bonchev–Trinajstić information content (AvgIpc) is 2.86. The summed E-state index contributed by atoms with van der Waals surface area (Å²) >= 11 is 0. The molecule has 0 atom stereocenters. The van der Waals surface area contributed by atoms with Gasteiger partial charge in [0.1, 0.15) is 5.82 Å². The fraction of sp³-hybridized carbons (Fsp3) is 0.357. The van der Waals surface area contributed by atoms with Crippen molar-refractivity contribution < 1.29 is 8.78 Å². The molecule has 3 nitrogen and oxygen atoms in total. The molecule has 5 heteroatoms. The largest absolute Gasteiger partial charge is 0.356 e. The maximum absolute atomic E-state index is 13.2. The van der Waals surface area contributed by atoms with Crippen LogP contribution in [0.4, 0.5) is 14.6 Å². The molecule has 0 spiro atoms. The second-order valence-electron chi connectivity index (χ2n) is 4.76. The van der Waals surface area contributed by atoms with Crippen LogP contribution in [0.3, 0.4) is 0 Å². The Bertz CT molecular complexity index is 644. The van der Waals surface area contributed by atoms with E-state index in [1.165, 1.54) is 0 Å². The number of anilines is 1. The van der Waals surface area contributed by atoms with Gasteiger partial charge in [-0.2, -0.15) is 5.10 Å². The molecule has 0 bridgehead atoms. The highest BCUT2D eigenvalue weighted by atomic mass is 19.3. The van der Waals surface area contributed by atoms with Crippen molar-refractivity contribution in [2.24, 2.45) is 0 Å². The zero-order valence-electron chi connectivity index (χ0n) is 10.3. The van der Waals surface area contributed by atoms with E-state index in [1.54, 1.807) is 10.7 Å². The normalized spacial score (nSPS) is 18.5. The molecular formula is C14H13F2N3. The predicted octanol–water partition coefficient (Wildman–Crippen LogP) is 2.55. The molecular weight excluding hydrogens is 248 g/mol. The minimum Gasteiger partial charge on any atom is -0.356 e. The van der Waals surface area contributed by atoms with Gasteiger partial charge in [-0.15, -0.1) is 6.42 Å². The van der Waals surface area contributed by atoms with Gasteiger partial charge in [0.25, 0.3) is 5.92 Å². The van der Waals surface area contributed by atoms with Crippen molar-refractivity contribution in [3.05, 3.63) is 30.0 Å². The van der Waals surface area contributed by atoms with Crippen molar-refractivity contribution in [3.8, 4) is 12.3 Å². The SMILES string of the molecule is C#Cc1cc(N2CCC(F)(F)CC2)n2nccc2c1. The summed E-state index contributed by atoms with van der Waals surface area (Å²) in [5.74, 6) is 0.820. The van der Waals surface area contributed by atoms with E-state index in [4.69, 9.17) is 6.42 Å². The topological polar surface area (TPSA) is 20.5 Å². The molecule has 0 aliphatic carbocycles. The number of pyridine rings is 1. The van der Waals surface area contributed by atoms with Crippen molar-refractivity contribution in [2.45, 2.75) is 18.8 Å². The van der Waals surface area contributed by atoms with E-state index in [0.717, 1.165) is 16.9 Å². The molecule has 0 N–H and O–H groups in total. The summed E-state index contributed by atoms with van der Waals surface area (Å²) in [6.45, 7) is 0.631. The smallest absolute Gasteiger partial charge is 0.251 e. The van der Waals surface area contributed by atoms with E-state index in [2.05, 4.69) is 11.0 Å². The van der Waals surface area contributed by atoms with E-state index in [0.29, 0.717) is 13.1 Å². The maximum Gasteiger partial charge on any atom is 0.251 e. The lowest BCUT2D eigenvalue weighted by molar-refractivity contribution is -0.0222. The first kappa shape index (κ1) is 12.0. The van der Waals surface area contributed by atoms with Gasteiger partial charge in [0.2, 0.25) is 0 Å². The Kier molecular flexibility index (Phi) is 2.67. The van der Waals surface area contributed by atoms with Crippen LogP contribution in [0.1, 0.15) is 18.4 Å². The standard InChI is InChI=1S/C14H13F2N3/c1-2-11-9-12-3-6-17-19(12)13(10-11)18-7-4-14(15,16)5-8-18/h1,3,6,9-10H,4-5,7-8H2. The molecule has 2 aromatic heterocycles. The van der Waals surface area contributed by atoms with Crippen molar-refractivity contribution in [1.29, 1.82) is 0 Å². The zero-order chi connectivity index (χ0) is 13.5. The molecule has 0 radical (unpaired) electrons. The van der Waals surface area contributed by atoms with Crippen LogP contribution in [0.5, 0.6) is 0 Å². The second-order valence-corrected chi connectivity index (χ2v) is 4.76. The molecule has 2 aromatic rings. The lowest BCUT2D eigenvalue weighted by Gasteiger charge is -2.33. The fourth-order valence-corrected chi connectivity index (χ4v) is 2.39. The molecule has 3 rings (SSSR count). The monoisotopic (exact) mass is 261 g/mol. The minimum atomic E-state index is -2.55. The Hall–Kier alpha value is -2.09. The Balaban J connectivity index is 2.01. The number of aromatic nitrogens is 2. The highest BCUT2D eigenvalue weighted by Gasteiger charge is 2.34. The number of nitrogens with zero attached hydrogens (tertiary/aromatic N) is 3. The van der Waals surface area contributed by atoms with Gasteiger partial charge in [0.15, 0.2) is 0 Å². The van der Waals surface area contributed by atoms with Crippen molar-refractivity contribution in [1.82, 2.24) is 9.61 Å². The third-order valence-corrected chi connectivity index (χ3v) is 3.46. The molecule has 0 amide bonds. The average molecular weight is 261 g/mol. The van der Waals surface area contributed by atoms with Crippen LogP contribution in [0.15, 0.2) is 24.4 Å². The third kappa shape index (κ3) is 2.14. The van der Waals surface area contributed by atoms with Gasteiger partial charge in [-0.1, -0.05) is 5.92 Å². The number of hydrogen-bond acceptors (Lipinski definition) is 2. The van der Waals surface area contributed by atoms with Crippen LogP contribution in [-0.2, 0) is 0 Å². The number of halogens is 2. The first-order valence-electron chi connectivity index (χ1n) is 6.16. The number of terminal acetylenes is 1. The van der Waals surface area contributed by atoms with Crippen LogP contribution < -0.4 is 4.90 Å². The van der Waals surface area contributed by atoms with Gasteiger partial charge in [-0.3, -0.25) is 0 Å². The first-order valence-corrected chi connectivity index (χ1v) is 6.16. The van der Waals surface area contributed by atoms with Crippen molar-refractivity contribution in [3.63, 3.8) is 0 Å². The molecule has 0 aromatic carbocycles. The summed E-state index contributed by atoms with van der Waals surface area (Å²) < 4.78 is 28.2. The highest BCUT2D eigenvalue weighted by molar-refractivity contribution is 5.60. The van der Waals surface area contributed by atoms with Crippen LogP contribution in [-0.4, -0.2) is 28.6 Å². The fourth-order valence-electron chi connectivity index (χ4n) is 2.39. The summed E-state index contributed by atoms with van der Waals surface area (Å²) in [6.07, 6.45) is 6.85. The van der Waals surface area contributed by atoms with Crippen molar-refractivity contribution in [2.75, 3.05) is 18.0 Å². The van der Waals surface area contributed by atoms with Gasteiger partial charge in [0.05, 0.1) is 11.7 Å². The van der Waals surface area contributed by atoms with Gasteiger partial charge in [-0.25, -0.2) is 13.3 Å². The number of alkyl halides is 2. The Labute approximate surface area is 109 Å². The van der Waals surface area contributed by atoms with Crippen LogP contribution in [0.2, 0.25) is 0 Å². The van der Waals surface area contributed by atoms with E-state index < -0.39 is 5.92 Å². The van der Waals surface area contributed by atoms with Gasteiger partial charge < -0.3 is 4.90 Å². The molecule has 0 unspecified atom stereocenters. The maximum atomic E-state index is 13.2. The lowest BCUT2D eigenvalue weighted by atomic mass is 10.1. The van der Waals surface area contributed by atoms with Gasteiger partial charge in [0, 0.05) is 31.5 Å². The summed E-state index contributed by atoms with van der Waals surface area (Å²) in [7, 11) is 0. The summed E-state index contributed by atoms with van der Waals surface area (Å²) in [5.41, 5.74) is 1.61. The van der Waals surface area contributed by atoms with E-state index in [9.17, 15) is 8.78 Å². The number of hydrogen-bond donors (Lipinski definition) is 0. The molecule has 0 saturated carbocycles. The lowest BCUT2D eigenvalue weighted by Crippen LogP contribution is -2.40. The summed E-state index contributed by atoms with van der Waals surface area (Å²) in [5, 5.41) is 4.22. The molecule has 98 valence electrons. The highest BCUT2D eigenvalue weighted by Crippen LogP contribution is 2.31. The van der Waals surface area contributed by atoms with E-state index in [-0.39, 0.29) is 12.8 Å². The van der Waals surface area contributed by atoms with E-state index >= 15 is 0 Å². The predicted molar refractivity (Wildman–Crippen MR) is 69.5 cm³/mol. The second kappa shape index (κ2) is 4.23. The van der Waals surface area contributed by atoms with Gasteiger partial charge in [-0.05, 0) is 18.2 Å². The molecule has 3 heterocycles. The first-order chi connectivity index (χ1) is 9.09. The minimum absolute atomic E-state index is 0.129. The Morgan fingerprint density at radius 3 is 2.68 bits per heavy atom. The Morgan fingerprint density at radius 1 is 1.26 bits per heavy atom. The molecule has 1 aliphatic rings. The third-order valence-electron chi connectivity index (χ3n) is 3.46. The number of rotatable bonds is 1. The van der Waals surface area contributed by atoms with Crippen molar-refractivity contribution >= 4 is 11.3 Å². The molecule has 1 saturated heterocycles. The Morgan fingerprint density at radius 2 is 2.00 bits per heavy atom. The van der Waals surface area contributed by atoms with Crippen LogP contribution in [0, 0.1) is 12.3 Å². The van der Waals surface area contributed by atoms with Crippen LogP contribution in [0.25, 0.3) is 5.52 Å².